The molecule has 10 atom stereocenters. The van der Waals surface area contributed by atoms with E-state index in [0.717, 1.165) is 11.1 Å². The van der Waals surface area contributed by atoms with Crippen LogP contribution in [0.2, 0.25) is 0 Å². The molecule has 0 bridgehead atoms. The van der Waals surface area contributed by atoms with Crippen LogP contribution in [-0.2, 0) is 22.3 Å². The fourth-order valence-corrected chi connectivity index (χ4v) is 7.98. The first-order chi connectivity index (χ1) is 23.2. The topological polar surface area (TPSA) is 241 Å². The molecule has 14 nitrogen and oxygen atoms in total. The Balaban J connectivity index is 1.30. The summed E-state index contributed by atoms with van der Waals surface area (Å²) < 4.78 is 22.2. The van der Waals surface area contributed by atoms with Crippen LogP contribution >= 0.6 is 11.8 Å². The molecule has 4 aromatic rings. The number of aliphatic hydroxyl groups excluding tert-OH is 6. The third kappa shape index (κ3) is 6.45. The fraction of sp³-hybridized carbons (Fsp3) is 0.471. The predicted octanol–water partition coefficient (Wildman–Crippen LogP) is -0.625. The van der Waals surface area contributed by atoms with Crippen molar-refractivity contribution in [3.8, 4) is 0 Å². The number of fused-ring (bicyclic) bond motifs is 2. The van der Waals surface area contributed by atoms with Gasteiger partial charge in [-0.15, -0.1) is 0 Å². The Labute approximate surface area is 282 Å². The molecule has 4 heterocycles. The summed E-state index contributed by atoms with van der Waals surface area (Å²) in [7, 11) is 0. The summed E-state index contributed by atoms with van der Waals surface area (Å²) in [6.45, 7) is 1.98. The fourth-order valence-electron chi connectivity index (χ4n) is 6.54. The summed E-state index contributed by atoms with van der Waals surface area (Å²) in [5.74, 6) is 0. The highest BCUT2D eigenvalue weighted by molar-refractivity contribution is 8.00. The highest BCUT2D eigenvalue weighted by Crippen LogP contribution is 2.43. The second kappa shape index (κ2) is 13.5. The molecule has 2 aromatic heterocycles. The molecule has 0 saturated carbocycles. The monoisotopic (exact) mass is 702 g/mol. The maximum atomic E-state index is 12.9. The first-order valence-electron chi connectivity index (χ1n) is 15.6. The second-order valence-electron chi connectivity index (χ2n) is 12.9. The van der Waals surface area contributed by atoms with Crippen LogP contribution in [-0.4, -0.2) is 113 Å². The van der Waals surface area contributed by atoms with Gasteiger partial charge in [-0.25, -0.2) is 9.59 Å². The van der Waals surface area contributed by atoms with Crippen molar-refractivity contribution in [2.45, 2.75) is 85.4 Å². The summed E-state index contributed by atoms with van der Waals surface area (Å²) in [6.07, 6.45) is -12.1. The van der Waals surface area contributed by atoms with E-state index >= 15 is 0 Å². The zero-order valence-electron chi connectivity index (χ0n) is 26.5. The number of rotatable bonds is 8. The molecule has 2 aliphatic heterocycles. The molecule has 8 N–H and O–H groups in total. The minimum absolute atomic E-state index is 0.0875. The molecule has 2 aromatic carbocycles. The smallest absolute Gasteiger partial charge is 0.339 e. The molecule has 2 aliphatic rings. The number of aryl methyl sites for hydroxylation is 2. The second-order valence-corrected chi connectivity index (χ2v) is 14.1. The highest BCUT2D eigenvalue weighted by atomic mass is 32.2. The van der Waals surface area contributed by atoms with Gasteiger partial charge in [0.05, 0.1) is 13.2 Å². The lowest BCUT2D eigenvalue weighted by Gasteiger charge is -2.51. The van der Waals surface area contributed by atoms with Crippen molar-refractivity contribution in [1.82, 2.24) is 0 Å². The SMILES string of the molecule is Cc1ccc2cc(C[C@]3(O)[C@@H](O)[C@@H](CO)O[C@@H](S[C@@H]4O[C@H](CO)[C@H](O)[C@@](O)(Cc5cc6ccc(C)cc6oc5=O)[C@H]4O)[C@@H]3O)c(=O)oc2c1. The lowest BCUT2D eigenvalue weighted by atomic mass is 9.80. The molecule has 0 aliphatic carbocycles. The summed E-state index contributed by atoms with van der Waals surface area (Å²) in [5.41, 5.74) is -7.73. The first-order valence-corrected chi connectivity index (χ1v) is 16.5. The molecule has 264 valence electrons. The van der Waals surface area contributed by atoms with Crippen LogP contribution in [0, 0.1) is 13.8 Å². The average Bonchev–Trinajstić information content (AvgIpc) is 3.06. The maximum absolute atomic E-state index is 12.9. The van der Waals surface area contributed by atoms with E-state index in [1.807, 2.05) is 13.8 Å². The molecule has 0 radical (unpaired) electrons. The van der Waals surface area contributed by atoms with E-state index in [1.165, 1.54) is 12.1 Å². The minimum Gasteiger partial charge on any atom is -0.423 e. The number of thioether (sulfide) groups is 1. The van der Waals surface area contributed by atoms with Gasteiger partial charge in [0.25, 0.3) is 0 Å². The van der Waals surface area contributed by atoms with Crippen molar-refractivity contribution in [3.05, 3.63) is 91.6 Å². The number of hydrogen-bond donors (Lipinski definition) is 8. The molecule has 2 saturated heterocycles. The molecular weight excluding hydrogens is 664 g/mol. The number of ether oxygens (including phenoxy) is 2. The van der Waals surface area contributed by atoms with Crippen molar-refractivity contribution in [2.24, 2.45) is 0 Å². The summed E-state index contributed by atoms with van der Waals surface area (Å²) >= 11 is 0.530. The van der Waals surface area contributed by atoms with Crippen LogP contribution in [0.25, 0.3) is 21.9 Å². The van der Waals surface area contributed by atoms with Crippen LogP contribution in [0.4, 0.5) is 0 Å². The van der Waals surface area contributed by atoms with E-state index in [4.69, 9.17) is 18.3 Å². The van der Waals surface area contributed by atoms with Gasteiger partial charge in [0.2, 0.25) is 0 Å². The molecule has 49 heavy (non-hydrogen) atoms. The van der Waals surface area contributed by atoms with Gasteiger partial charge in [0.15, 0.2) is 0 Å². The van der Waals surface area contributed by atoms with Crippen LogP contribution in [0.1, 0.15) is 22.3 Å². The summed E-state index contributed by atoms with van der Waals surface area (Å²) in [5, 5.41) is 89.7. The van der Waals surface area contributed by atoms with Crippen molar-refractivity contribution in [1.29, 1.82) is 0 Å². The normalized spacial score (nSPS) is 33.7. The maximum Gasteiger partial charge on any atom is 0.339 e. The van der Waals surface area contributed by atoms with E-state index in [2.05, 4.69) is 0 Å². The molecule has 0 amide bonds. The summed E-state index contributed by atoms with van der Waals surface area (Å²) in [4.78, 5) is 25.8. The van der Waals surface area contributed by atoms with Crippen molar-refractivity contribution in [3.63, 3.8) is 0 Å². The van der Waals surface area contributed by atoms with E-state index < -0.39 is 96.0 Å². The van der Waals surface area contributed by atoms with Crippen LogP contribution in [0.15, 0.2) is 67.0 Å². The Morgan fingerprint density at radius 2 is 1.02 bits per heavy atom. The molecule has 0 unspecified atom stereocenters. The Morgan fingerprint density at radius 1 is 0.633 bits per heavy atom. The number of hydrogen-bond acceptors (Lipinski definition) is 15. The van der Waals surface area contributed by atoms with E-state index in [-0.39, 0.29) is 11.1 Å². The standard InChI is InChI=1S/C34H38O14S/c1-15-3-5-17-9-19(29(41)45-21(17)7-15)11-33(43)25(37)23(13-35)47-31(27(33)39)49-32-28(40)34(44,26(38)24(14-36)48-32)12-20-10-18-6-4-16(2)8-22(18)46-30(20)42/h3-10,23-28,31-32,35-40,43-44H,11-14H2,1-2H3/t23-,24-,25+,26+,27+,28+,31+,32+,33+,34+/m1/s1. The lowest BCUT2D eigenvalue weighted by molar-refractivity contribution is -0.263. The van der Waals surface area contributed by atoms with Gasteiger partial charge < -0.3 is 59.2 Å². The first kappa shape index (κ1) is 35.6. The number of aliphatic hydroxyl groups is 8. The Bertz CT molecular complexity index is 1820. The Morgan fingerprint density at radius 3 is 1.39 bits per heavy atom. The van der Waals surface area contributed by atoms with Crippen molar-refractivity contribution < 1.29 is 59.2 Å². The lowest BCUT2D eigenvalue weighted by Crippen LogP contribution is -2.70. The Kier molecular flexibility index (Phi) is 9.82. The van der Waals surface area contributed by atoms with Gasteiger partial charge in [-0.2, -0.15) is 0 Å². The molecule has 2 fully saturated rings. The van der Waals surface area contributed by atoms with E-state index in [9.17, 15) is 50.4 Å². The van der Waals surface area contributed by atoms with Crippen molar-refractivity contribution in [2.75, 3.05) is 13.2 Å². The summed E-state index contributed by atoms with van der Waals surface area (Å²) in [6, 6.07) is 13.2. The van der Waals surface area contributed by atoms with Gasteiger partial charge in [-0.3, -0.25) is 0 Å². The van der Waals surface area contributed by atoms with E-state index in [0.29, 0.717) is 33.7 Å². The largest absolute Gasteiger partial charge is 0.423 e. The average molecular weight is 703 g/mol. The van der Waals surface area contributed by atoms with Gasteiger partial charge in [0, 0.05) is 34.7 Å². The molecule has 6 rings (SSSR count). The van der Waals surface area contributed by atoms with Crippen molar-refractivity contribution >= 4 is 33.7 Å². The van der Waals surface area contributed by atoms with Gasteiger partial charge in [-0.1, -0.05) is 36.0 Å². The van der Waals surface area contributed by atoms with E-state index in [1.54, 1.807) is 36.4 Å². The quantitative estimate of drug-likeness (QED) is 0.107. The molecule has 15 heteroatoms. The van der Waals surface area contributed by atoms with Crippen LogP contribution in [0.3, 0.4) is 0 Å². The van der Waals surface area contributed by atoms with Crippen LogP contribution in [0.5, 0.6) is 0 Å². The van der Waals surface area contributed by atoms with Crippen LogP contribution < -0.4 is 11.3 Å². The van der Waals surface area contributed by atoms with Gasteiger partial charge >= 0.3 is 11.3 Å². The molecular formula is C34H38O14S. The minimum atomic E-state index is -2.51. The zero-order valence-corrected chi connectivity index (χ0v) is 27.3. The Hall–Kier alpha value is -3.19. The predicted molar refractivity (Wildman–Crippen MR) is 175 cm³/mol. The highest BCUT2D eigenvalue weighted by Gasteiger charge is 2.59. The number of benzene rings is 2. The third-order valence-corrected chi connectivity index (χ3v) is 10.7. The van der Waals surface area contributed by atoms with Gasteiger partial charge in [0.1, 0.15) is 69.9 Å². The molecule has 0 spiro atoms. The third-order valence-electron chi connectivity index (χ3n) is 9.39. The van der Waals surface area contributed by atoms with Gasteiger partial charge in [-0.05, 0) is 49.2 Å². The zero-order chi connectivity index (χ0) is 35.4.